The summed E-state index contributed by atoms with van der Waals surface area (Å²) in [6.07, 6.45) is 2.07. The lowest BCUT2D eigenvalue weighted by Gasteiger charge is -2.18. The van der Waals surface area contributed by atoms with Crippen LogP contribution in [-0.4, -0.2) is 16.1 Å². The smallest absolute Gasteiger partial charge is 0.257 e. The van der Waals surface area contributed by atoms with E-state index in [4.69, 9.17) is 0 Å². The van der Waals surface area contributed by atoms with Crippen molar-refractivity contribution in [3.8, 4) is 0 Å². The van der Waals surface area contributed by atoms with Gasteiger partial charge in [0.1, 0.15) is 5.01 Å². The van der Waals surface area contributed by atoms with E-state index in [9.17, 15) is 4.79 Å². The Labute approximate surface area is 142 Å². The van der Waals surface area contributed by atoms with Crippen LogP contribution in [0.15, 0.2) is 24.3 Å². The van der Waals surface area contributed by atoms with Crippen LogP contribution in [-0.2, 0) is 5.41 Å². The van der Waals surface area contributed by atoms with Crippen molar-refractivity contribution in [1.82, 2.24) is 10.2 Å². The zero-order valence-corrected chi connectivity index (χ0v) is 15.3. The van der Waals surface area contributed by atoms with Crippen LogP contribution in [0.1, 0.15) is 74.3 Å². The van der Waals surface area contributed by atoms with E-state index < -0.39 is 0 Å². The summed E-state index contributed by atoms with van der Waals surface area (Å²) < 4.78 is 0. The Kier molecular flexibility index (Phi) is 5.52. The second-order valence-electron chi connectivity index (χ2n) is 6.74. The minimum atomic E-state index is -0.141. The van der Waals surface area contributed by atoms with Crippen LogP contribution in [0, 0.1) is 0 Å². The van der Waals surface area contributed by atoms with Crippen molar-refractivity contribution in [2.45, 2.75) is 58.8 Å². The lowest BCUT2D eigenvalue weighted by Crippen LogP contribution is -2.14. The molecule has 0 fully saturated rings. The largest absolute Gasteiger partial charge is 0.296 e. The van der Waals surface area contributed by atoms with Crippen molar-refractivity contribution in [3.63, 3.8) is 0 Å². The number of hydrogen-bond donors (Lipinski definition) is 1. The molecule has 0 unspecified atom stereocenters. The average molecular weight is 331 g/mol. The van der Waals surface area contributed by atoms with Crippen molar-refractivity contribution in [2.24, 2.45) is 0 Å². The van der Waals surface area contributed by atoms with Crippen molar-refractivity contribution >= 4 is 22.4 Å². The minimum absolute atomic E-state index is 0.0818. The van der Waals surface area contributed by atoms with E-state index in [0.717, 1.165) is 17.8 Å². The normalized spacial score (nSPS) is 11.7. The van der Waals surface area contributed by atoms with Gasteiger partial charge in [-0.25, -0.2) is 0 Å². The van der Waals surface area contributed by atoms with Gasteiger partial charge in [-0.3, -0.25) is 10.1 Å². The van der Waals surface area contributed by atoms with Gasteiger partial charge >= 0.3 is 0 Å². The third-order valence-corrected chi connectivity index (χ3v) is 5.01. The van der Waals surface area contributed by atoms with Crippen LogP contribution in [0.4, 0.5) is 5.13 Å². The molecule has 0 aliphatic carbocycles. The number of carbonyl (C=O) groups is 1. The molecule has 0 bridgehead atoms. The maximum atomic E-state index is 12.3. The van der Waals surface area contributed by atoms with Gasteiger partial charge in [-0.05, 0) is 36.0 Å². The van der Waals surface area contributed by atoms with Crippen LogP contribution in [0.3, 0.4) is 0 Å². The van der Waals surface area contributed by atoms with E-state index in [1.807, 2.05) is 24.3 Å². The number of benzene rings is 1. The van der Waals surface area contributed by atoms with Crippen molar-refractivity contribution < 1.29 is 4.79 Å². The quantitative estimate of drug-likeness (QED) is 0.839. The van der Waals surface area contributed by atoms with Crippen LogP contribution >= 0.6 is 11.3 Å². The molecule has 5 heteroatoms. The molecule has 0 saturated heterocycles. The summed E-state index contributed by atoms with van der Waals surface area (Å²) in [5, 5.41) is 12.7. The monoisotopic (exact) mass is 331 g/mol. The van der Waals surface area contributed by atoms with E-state index in [0.29, 0.717) is 16.6 Å². The molecule has 124 valence electrons. The number of amides is 1. The Morgan fingerprint density at radius 2 is 1.74 bits per heavy atom. The van der Waals surface area contributed by atoms with Crippen molar-refractivity contribution in [3.05, 3.63) is 40.4 Å². The number of anilines is 1. The van der Waals surface area contributed by atoms with Gasteiger partial charge in [0.2, 0.25) is 5.13 Å². The SMILES string of the molecule is CCC(CC)c1nnc(NC(=O)c2ccc(C(C)(C)C)cc2)s1. The molecule has 0 atom stereocenters. The molecule has 4 nitrogen and oxygen atoms in total. The van der Waals surface area contributed by atoms with Gasteiger partial charge in [0, 0.05) is 11.5 Å². The lowest BCUT2D eigenvalue weighted by molar-refractivity contribution is 0.102. The third kappa shape index (κ3) is 4.38. The maximum absolute atomic E-state index is 12.3. The van der Waals surface area contributed by atoms with E-state index in [-0.39, 0.29) is 11.3 Å². The molecule has 0 aliphatic rings. The summed E-state index contributed by atoms with van der Waals surface area (Å²) in [7, 11) is 0. The average Bonchev–Trinajstić information content (AvgIpc) is 2.96. The molecule has 0 saturated carbocycles. The molecule has 0 aliphatic heterocycles. The highest BCUT2D eigenvalue weighted by atomic mass is 32.1. The fraction of sp³-hybridized carbons (Fsp3) is 0.500. The molecule has 1 heterocycles. The first-order valence-electron chi connectivity index (χ1n) is 8.10. The minimum Gasteiger partial charge on any atom is -0.296 e. The Morgan fingerprint density at radius 3 is 2.26 bits per heavy atom. The Balaban J connectivity index is 2.07. The van der Waals surface area contributed by atoms with Crippen LogP contribution in [0.25, 0.3) is 0 Å². The van der Waals surface area contributed by atoms with Gasteiger partial charge in [0.15, 0.2) is 0 Å². The fourth-order valence-corrected chi connectivity index (χ4v) is 3.38. The highest BCUT2D eigenvalue weighted by molar-refractivity contribution is 7.15. The molecule has 1 aromatic heterocycles. The molecule has 23 heavy (non-hydrogen) atoms. The second-order valence-corrected chi connectivity index (χ2v) is 7.75. The van der Waals surface area contributed by atoms with Crippen LogP contribution < -0.4 is 5.32 Å². The van der Waals surface area contributed by atoms with Gasteiger partial charge in [-0.15, -0.1) is 10.2 Å². The number of hydrogen-bond acceptors (Lipinski definition) is 4. The van der Waals surface area contributed by atoms with Crippen molar-refractivity contribution in [2.75, 3.05) is 5.32 Å². The summed E-state index contributed by atoms with van der Waals surface area (Å²) in [5.41, 5.74) is 1.93. The molecular weight excluding hydrogens is 306 g/mol. The first-order valence-corrected chi connectivity index (χ1v) is 8.92. The van der Waals surface area contributed by atoms with Gasteiger partial charge in [-0.1, -0.05) is 58.1 Å². The standard InChI is InChI=1S/C18H25N3OS/c1-6-12(7-2)16-20-21-17(23-16)19-15(22)13-8-10-14(11-9-13)18(3,4)5/h8-12H,6-7H2,1-5H3,(H,19,21,22). The summed E-state index contributed by atoms with van der Waals surface area (Å²) >= 11 is 1.47. The molecule has 1 aromatic carbocycles. The Morgan fingerprint density at radius 1 is 1.13 bits per heavy atom. The summed E-state index contributed by atoms with van der Waals surface area (Å²) in [5.74, 6) is 0.280. The first kappa shape index (κ1) is 17.6. The highest BCUT2D eigenvalue weighted by Crippen LogP contribution is 2.28. The zero-order valence-electron chi connectivity index (χ0n) is 14.5. The number of aromatic nitrogens is 2. The van der Waals surface area contributed by atoms with E-state index in [1.165, 1.54) is 16.9 Å². The number of rotatable bonds is 5. The summed E-state index contributed by atoms with van der Waals surface area (Å²) in [6, 6.07) is 7.73. The van der Waals surface area contributed by atoms with E-state index in [1.54, 1.807) is 0 Å². The molecular formula is C18H25N3OS. The summed E-state index contributed by atoms with van der Waals surface area (Å²) in [6.45, 7) is 10.8. The maximum Gasteiger partial charge on any atom is 0.257 e. The summed E-state index contributed by atoms with van der Waals surface area (Å²) in [4.78, 5) is 12.3. The number of nitrogens with zero attached hydrogens (tertiary/aromatic N) is 2. The van der Waals surface area contributed by atoms with Gasteiger partial charge in [0.25, 0.3) is 5.91 Å². The van der Waals surface area contributed by atoms with E-state index in [2.05, 4.69) is 50.1 Å². The second kappa shape index (κ2) is 7.21. The predicted molar refractivity (Wildman–Crippen MR) is 96.3 cm³/mol. The topological polar surface area (TPSA) is 54.9 Å². The zero-order chi connectivity index (χ0) is 17.0. The van der Waals surface area contributed by atoms with Gasteiger partial charge in [0.05, 0.1) is 0 Å². The van der Waals surface area contributed by atoms with Crippen LogP contribution in [0.5, 0.6) is 0 Å². The predicted octanol–water partition coefficient (Wildman–Crippen LogP) is 4.99. The lowest BCUT2D eigenvalue weighted by atomic mass is 9.87. The van der Waals surface area contributed by atoms with E-state index >= 15 is 0 Å². The molecule has 1 amide bonds. The fourth-order valence-electron chi connectivity index (χ4n) is 2.38. The molecule has 2 aromatic rings. The van der Waals surface area contributed by atoms with Gasteiger partial charge < -0.3 is 0 Å². The van der Waals surface area contributed by atoms with Crippen molar-refractivity contribution in [1.29, 1.82) is 0 Å². The molecule has 2 rings (SSSR count). The molecule has 0 radical (unpaired) electrons. The number of nitrogens with one attached hydrogen (secondary N) is 1. The Bertz CT molecular complexity index is 652. The molecule has 1 N–H and O–H groups in total. The Hall–Kier alpha value is -1.75. The van der Waals surface area contributed by atoms with Crippen LogP contribution in [0.2, 0.25) is 0 Å². The third-order valence-electron chi connectivity index (χ3n) is 4.01. The highest BCUT2D eigenvalue weighted by Gasteiger charge is 2.17. The first-order chi connectivity index (χ1) is 10.8. The number of carbonyl (C=O) groups excluding carboxylic acids is 1. The molecule has 0 spiro atoms. The van der Waals surface area contributed by atoms with Gasteiger partial charge in [-0.2, -0.15) is 0 Å².